The molecule has 122 valence electrons. The summed E-state index contributed by atoms with van der Waals surface area (Å²) in [6.45, 7) is 7.72. The molecule has 0 aliphatic carbocycles. The number of hydrogen-bond donors (Lipinski definition) is 0. The van der Waals surface area contributed by atoms with Crippen LogP contribution in [0.5, 0.6) is 0 Å². The van der Waals surface area contributed by atoms with Gasteiger partial charge in [0, 0.05) is 31.7 Å². The van der Waals surface area contributed by atoms with Crippen LogP contribution in [-0.2, 0) is 6.54 Å². The van der Waals surface area contributed by atoms with E-state index in [0.717, 1.165) is 43.7 Å². The Morgan fingerprint density at radius 1 is 1.22 bits per heavy atom. The Morgan fingerprint density at radius 3 is 2.83 bits per heavy atom. The summed E-state index contributed by atoms with van der Waals surface area (Å²) in [4.78, 5) is 21.1. The maximum atomic E-state index is 12.6. The first kappa shape index (κ1) is 15.7. The number of carbonyl (C=O) groups is 1. The second-order valence-electron chi connectivity index (χ2n) is 6.03. The topological polar surface area (TPSA) is 62.5 Å². The summed E-state index contributed by atoms with van der Waals surface area (Å²) in [5.74, 6) is 1.41. The summed E-state index contributed by atoms with van der Waals surface area (Å²) in [5.41, 5.74) is 1.88. The van der Waals surface area contributed by atoms with E-state index in [2.05, 4.69) is 15.0 Å². The lowest BCUT2D eigenvalue weighted by Crippen LogP contribution is -2.35. The zero-order chi connectivity index (χ0) is 16.2. The second-order valence-corrected chi connectivity index (χ2v) is 6.03. The molecule has 0 N–H and O–H groups in total. The van der Waals surface area contributed by atoms with Crippen LogP contribution in [0.3, 0.4) is 0 Å². The quantitative estimate of drug-likeness (QED) is 0.867. The SMILES string of the molecule is Cc1cccc(C(=O)N2CCCN(Cc3nc(C)no3)CC2)c1. The van der Waals surface area contributed by atoms with Crippen molar-refractivity contribution in [2.75, 3.05) is 26.2 Å². The van der Waals surface area contributed by atoms with Gasteiger partial charge in [-0.2, -0.15) is 4.98 Å². The van der Waals surface area contributed by atoms with Crippen molar-refractivity contribution < 1.29 is 9.32 Å². The molecule has 1 amide bonds. The van der Waals surface area contributed by atoms with Crippen LogP contribution in [-0.4, -0.2) is 52.0 Å². The fraction of sp³-hybridized carbons (Fsp3) is 0.471. The molecule has 0 saturated carbocycles. The molecule has 1 aromatic heterocycles. The summed E-state index contributed by atoms with van der Waals surface area (Å²) < 4.78 is 5.18. The fourth-order valence-electron chi connectivity index (χ4n) is 2.89. The molecular formula is C17H22N4O2. The Kier molecular flexibility index (Phi) is 4.71. The van der Waals surface area contributed by atoms with E-state index in [1.54, 1.807) is 0 Å². The minimum Gasteiger partial charge on any atom is -0.338 e. The van der Waals surface area contributed by atoms with Gasteiger partial charge >= 0.3 is 0 Å². The largest absolute Gasteiger partial charge is 0.338 e. The van der Waals surface area contributed by atoms with Crippen LogP contribution in [0.15, 0.2) is 28.8 Å². The minimum absolute atomic E-state index is 0.115. The smallest absolute Gasteiger partial charge is 0.253 e. The average Bonchev–Trinajstić information content (AvgIpc) is 2.80. The van der Waals surface area contributed by atoms with Gasteiger partial charge in [-0.25, -0.2) is 0 Å². The third-order valence-corrected chi connectivity index (χ3v) is 4.07. The molecule has 0 bridgehead atoms. The van der Waals surface area contributed by atoms with E-state index in [1.807, 2.05) is 43.0 Å². The van der Waals surface area contributed by atoms with Crippen LogP contribution < -0.4 is 0 Å². The summed E-state index contributed by atoms with van der Waals surface area (Å²) >= 11 is 0. The molecule has 1 aliphatic heterocycles. The zero-order valence-corrected chi connectivity index (χ0v) is 13.7. The Hall–Kier alpha value is -2.21. The molecule has 3 rings (SSSR count). The Morgan fingerprint density at radius 2 is 2.09 bits per heavy atom. The van der Waals surface area contributed by atoms with Crippen molar-refractivity contribution >= 4 is 5.91 Å². The van der Waals surface area contributed by atoms with Crippen molar-refractivity contribution in [1.29, 1.82) is 0 Å². The number of amides is 1. The predicted octanol–water partition coefficient (Wildman–Crippen LogP) is 2.03. The monoisotopic (exact) mass is 314 g/mol. The van der Waals surface area contributed by atoms with Crippen molar-refractivity contribution in [3.8, 4) is 0 Å². The maximum absolute atomic E-state index is 12.6. The number of carbonyl (C=O) groups excluding carboxylic acids is 1. The highest BCUT2D eigenvalue weighted by Gasteiger charge is 2.21. The van der Waals surface area contributed by atoms with Crippen molar-refractivity contribution in [3.63, 3.8) is 0 Å². The molecule has 1 aromatic carbocycles. The fourth-order valence-corrected chi connectivity index (χ4v) is 2.89. The molecule has 0 radical (unpaired) electrons. The van der Waals surface area contributed by atoms with Gasteiger partial charge in [0.2, 0.25) is 5.89 Å². The molecule has 0 atom stereocenters. The molecule has 0 unspecified atom stereocenters. The van der Waals surface area contributed by atoms with Crippen LogP contribution in [0, 0.1) is 13.8 Å². The van der Waals surface area contributed by atoms with Gasteiger partial charge in [-0.3, -0.25) is 9.69 Å². The van der Waals surface area contributed by atoms with E-state index in [9.17, 15) is 4.79 Å². The van der Waals surface area contributed by atoms with E-state index in [0.29, 0.717) is 18.3 Å². The second kappa shape index (κ2) is 6.91. The van der Waals surface area contributed by atoms with E-state index in [1.165, 1.54) is 0 Å². The Balaban J connectivity index is 1.60. The number of aromatic nitrogens is 2. The Labute approximate surface area is 136 Å². The van der Waals surface area contributed by atoms with Crippen molar-refractivity contribution in [2.24, 2.45) is 0 Å². The van der Waals surface area contributed by atoms with Crippen LogP contribution >= 0.6 is 0 Å². The van der Waals surface area contributed by atoms with Gasteiger partial charge in [0.15, 0.2) is 5.82 Å². The average molecular weight is 314 g/mol. The number of hydrogen-bond acceptors (Lipinski definition) is 5. The van der Waals surface area contributed by atoms with Crippen LogP contribution in [0.25, 0.3) is 0 Å². The number of nitrogens with zero attached hydrogens (tertiary/aromatic N) is 4. The third-order valence-electron chi connectivity index (χ3n) is 4.07. The van der Waals surface area contributed by atoms with Crippen molar-refractivity contribution in [1.82, 2.24) is 19.9 Å². The third kappa shape index (κ3) is 3.96. The van der Waals surface area contributed by atoms with Gasteiger partial charge in [-0.05, 0) is 32.4 Å². The lowest BCUT2D eigenvalue weighted by atomic mass is 10.1. The first-order chi connectivity index (χ1) is 11.1. The summed E-state index contributed by atoms with van der Waals surface area (Å²) in [6, 6.07) is 7.78. The van der Waals surface area contributed by atoms with Gasteiger partial charge in [0.05, 0.1) is 6.54 Å². The highest BCUT2D eigenvalue weighted by Crippen LogP contribution is 2.12. The number of aryl methyl sites for hydroxylation is 2. The molecule has 1 saturated heterocycles. The molecule has 23 heavy (non-hydrogen) atoms. The van der Waals surface area contributed by atoms with Crippen LogP contribution in [0.2, 0.25) is 0 Å². The normalized spacial score (nSPS) is 16.3. The molecule has 1 fully saturated rings. The molecule has 1 aliphatic rings. The van der Waals surface area contributed by atoms with Gasteiger partial charge in [-0.15, -0.1) is 0 Å². The van der Waals surface area contributed by atoms with Gasteiger partial charge < -0.3 is 9.42 Å². The Bertz CT molecular complexity index is 683. The lowest BCUT2D eigenvalue weighted by Gasteiger charge is -2.21. The van der Waals surface area contributed by atoms with Gasteiger partial charge in [0.25, 0.3) is 5.91 Å². The molecule has 0 spiro atoms. The highest BCUT2D eigenvalue weighted by atomic mass is 16.5. The summed E-state index contributed by atoms with van der Waals surface area (Å²) in [5, 5.41) is 3.82. The first-order valence-corrected chi connectivity index (χ1v) is 7.99. The number of rotatable bonds is 3. The predicted molar refractivity (Wildman–Crippen MR) is 86.0 cm³/mol. The van der Waals surface area contributed by atoms with Crippen molar-refractivity contribution in [3.05, 3.63) is 47.1 Å². The van der Waals surface area contributed by atoms with E-state index >= 15 is 0 Å². The highest BCUT2D eigenvalue weighted by molar-refractivity contribution is 5.94. The summed E-state index contributed by atoms with van der Waals surface area (Å²) in [7, 11) is 0. The van der Waals surface area contributed by atoms with Gasteiger partial charge in [-0.1, -0.05) is 22.9 Å². The molecular weight excluding hydrogens is 292 g/mol. The molecule has 2 aromatic rings. The van der Waals surface area contributed by atoms with Gasteiger partial charge in [0.1, 0.15) is 0 Å². The lowest BCUT2D eigenvalue weighted by molar-refractivity contribution is 0.0760. The van der Waals surface area contributed by atoms with E-state index in [4.69, 9.17) is 4.52 Å². The van der Waals surface area contributed by atoms with E-state index in [-0.39, 0.29) is 5.91 Å². The van der Waals surface area contributed by atoms with E-state index < -0.39 is 0 Å². The van der Waals surface area contributed by atoms with Crippen molar-refractivity contribution in [2.45, 2.75) is 26.8 Å². The molecule has 6 nitrogen and oxygen atoms in total. The standard InChI is InChI=1S/C17H22N4O2/c1-13-5-3-6-15(11-13)17(22)21-8-4-7-20(9-10-21)12-16-18-14(2)19-23-16/h3,5-6,11H,4,7-10,12H2,1-2H3. The van der Waals surface area contributed by atoms with Crippen LogP contribution in [0.4, 0.5) is 0 Å². The first-order valence-electron chi connectivity index (χ1n) is 7.99. The number of benzene rings is 1. The molecule has 6 heteroatoms. The summed E-state index contributed by atoms with van der Waals surface area (Å²) in [6.07, 6.45) is 0.949. The van der Waals surface area contributed by atoms with Crippen LogP contribution in [0.1, 0.15) is 34.1 Å². The molecule has 2 heterocycles. The minimum atomic E-state index is 0.115. The zero-order valence-electron chi connectivity index (χ0n) is 13.7. The maximum Gasteiger partial charge on any atom is 0.253 e.